The normalized spacial score (nSPS) is 17.1. The Balaban J connectivity index is 1.32. The van der Waals surface area contributed by atoms with Crippen molar-refractivity contribution >= 4 is 34.0 Å². The smallest absolute Gasteiger partial charge is 0.209 e. The van der Waals surface area contributed by atoms with Crippen molar-refractivity contribution < 1.29 is 4.42 Å². The lowest BCUT2D eigenvalue weighted by molar-refractivity contribution is 0.116. The quantitative estimate of drug-likeness (QED) is 0.717. The first kappa shape index (κ1) is 15.1. The molecule has 0 N–H and O–H groups in total. The molecule has 1 aromatic carbocycles. The van der Waals surface area contributed by atoms with E-state index in [4.69, 9.17) is 16.0 Å². The monoisotopic (exact) mass is 347 g/mol. The van der Waals surface area contributed by atoms with Gasteiger partial charge >= 0.3 is 0 Å². The van der Waals surface area contributed by atoms with Crippen molar-refractivity contribution in [3.63, 3.8) is 0 Å². The first-order chi connectivity index (χ1) is 11.3. The molecule has 1 fully saturated rings. The number of benzene rings is 1. The van der Waals surface area contributed by atoms with Crippen LogP contribution in [0.25, 0.3) is 11.1 Å². The second-order valence-electron chi connectivity index (χ2n) is 5.83. The van der Waals surface area contributed by atoms with Crippen molar-refractivity contribution in [3.05, 3.63) is 51.5 Å². The van der Waals surface area contributed by atoms with Crippen LogP contribution in [0.15, 0.2) is 40.8 Å². The van der Waals surface area contributed by atoms with E-state index < -0.39 is 0 Å². The van der Waals surface area contributed by atoms with Crippen molar-refractivity contribution in [2.45, 2.75) is 13.1 Å². The second-order valence-corrected chi connectivity index (χ2v) is 7.63. The predicted molar refractivity (Wildman–Crippen MR) is 93.9 cm³/mol. The van der Waals surface area contributed by atoms with Gasteiger partial charge in [-0.15, -0.1) is 11.3 Å². The van der Waals surface area contributed by atoms with Gasteiger partial charge in [0.05, 0.1) is 10.9 Å². The van der Waals surface area contributed by atoms with Gasteiger partial charge in [-0.05, 0) is 24.3 Å². The number of para-hydroxylation sites is 2. The van der Waals surface area contributed by atoms with Gasteiger partial charge in [-0.2, -0.15) is 0 Å². The van der Waals surface area contributed by atoms with Crippen LogP contribution in [0.1, 0.15) is 10.8 Å². The van der Waals surface area contributed by atoms with Gasteiger partial charge in [0.2, 0.25) is 5.89 Å². The second kappa shape index (κ2) is 6.61. The van der Waals surface area contributed by atoms with E-state index in [0.717, 1.165) is 60.6 Å². The van der Waals surface area contributed by atoms with Gasteiger partial charge < -0.3 is 4.42 Å². The molecule has 23 heavy (non-hydrogen) atoms. The summed E-state index contributed by atoms with van der Waals surface area (Å²) in [5, 5.41) is 0. The van der Waals surface area contributed by atoms with Crippen molar-refractivity contribution in [3.8, 4) is 0 Å². The zero-order chi connectivity index (χ0) is 15.6. The number of hydrogen-bond donors (Lipinski definition) is 0. The van der Waals surface area contributed by atoms with Crippen LogP contribution in [0.3, 0.4) is 0 Å². The van der Waals surface area contributed by atoms with Gasteiger partial charge in [0.25, 0.3) is 0 Å². The molecule has 0 spiro atoms. The Labute approximate surface area is 144 Å². The highest BCUT2D eigenvalue weighted by atomic mass is 35.5. The lowest BCUT2D eigenvalue weighted by Gasteiger charge is -2.33. The van der Waals surface area contributed by atoms with E-state index in [2.05, 4.69) is 20.9 Å². The third-order valence-corrected chi connectivity index (χ3v) is 5.39. The maximum absolute atomic E-state index is 6.00. The Morgan fingerprint density at radius 2 is 1.74 bits per heavy atom. The lowest BCUT2D eigenvalue weighted by Crippen LogP contribution is -2.45. The highest BCUT2D eigenvalue weighted by Gasteiger charge is 2.19. The maximum atomic E-state index is 6.00. The predicted octanol–water partition coefficient (Wildman–Crippen LogP) is 3.86. The summed E-state index contributed by atoms with van der Waals surface area (Å²) in [7, 11) is 0. The maximum Gasteiger partial charge on any atom is 0.209 e. The van der Waals surface area contributed by atoms with Crippen LogP contribution in [0.2, 0.25) is 4.34 Å². The first-order valence-corrected chi connectivity index (χ1v) is 8.99. The van der Waals surface area contributed by atoms with Crippen molar-refractivity contribution in [2.24, 2.45) is 0 Å². The van der Waals surface area contributed by atoms with E-state index in [1.54, 1.807) is 11.3 Å². The van der Waals surface area contributed by atoms with Crippen LogP contribution >= 0.6 is 22.9 Å². The zero-order valence-electron chi connectivity index (χ0n) is 12.7. The molecule has 3 aromatic rings. The van der Waals surface area contributed by atoms with Gasteiger partial charge in [0, 0.05) is 37.6 Å². The molecule has 0 unspecified atom stereocenters. The van der Waals surface area contributed by atoms with E-state index in [9.17, 15) is 0 Å². The fourth-order valence-corrected chi connectivity index (χ4v) is 4.07. The van der Waals surface area contributed by atoms with Crippen LogP contribution < -0.4 is 0 Å². The standard InChI is InChI=1S/C17H18ClN3OS/c18-16-6-5-13(23-16)11-20-7-9-21(10-8-20)12-17-19-14-3-1-2-4-15(14)22-17/h1-6H,7-12H2. The fraction of sp³-hybridized carbons (Fsp3) is 0.353. The number of piperazine rings is 1. The molecule has 1 aliphatic rings. The summed E-state index contributed by atoms with van der Waals surface area (Å²) in [6.45, 7) is 5.99. The molecule has 0 aliphatic carbocycles. The van der Waals surface area contributed by atoms with Crippen molar-refractivity contribution in [1.82, 2.24) is 14.8 Å². The molecule has 0 atom stereocenters. The summed E-state index contributed by atoms with van der Waals surface area (Å²) < 4.78 is 6.69. The topological polar surface area (TPSA) is 32.5 Å². The number of oxazole rings is 1. The minimum atomic E-state index is 0.785. The Kier molecular flexibility index (Phi) is 4.35. The average Bonchev–Trinajstić information content (AvgIpc) is 3.14. The van der Waals surface area contributed by atoms with E-state index in [1.165, 1.54) is 4.88 Å². The molecule has 4 nitrogen and oxygen atoms in total. The number of halogens is 1. The first-order valence-electron chi connectivity index (χ1n) is 7.80. The van der Waals surface area contributed by atoms with Crippen LogP contribution in [-0.2, 0) is 13.1 Å². The van der Waals surface area contributed by atoms with Gasteiger partial charge in [0.1, 0.15) is 5.52 Å². The van der Waals surface area contributed by atoms with E-state index in [-0.39, 0.29) is 0 Å². The van der Waals surface area contributed by atoms with Gasteiger partial charge in [0.15, 0.2) is 5.58 Å². The SMILES string of the molecule is Clc1ccc(CN2CCN(Cc3nc4ccccc4o3)CC2)s1. The largest absolute Gasteiger partial charge is 0.439 e. The molecule has 3 heterocycles. The molecule has 0 bridgehead atoms. The number of fused-ring (bicyclic) bond motifs is 1. The molecule has 4 rings (SSSR count). The molecule has 0 amide bonds. The zero-order valence-corrected chi connectivity index (χ0v) is 14.3. The molecule has 120 valence electrons. The van der Waals surface area contributed by atoms with E-state index in [0.29, 0.717) is 0 Å². The summed E-state index contributed by atoms with van der Waals surface area (Å²) in [6, 6.07) is 12.0. The average molecular weight is 348 g/mol. The summed E-state index contributed by atoms with van der Waals surface area (Å²) in [5.74, 6) is 0.810. The molecule has 6 heteroatoms. The van der Waals surface area contributed by atoms with E-state index >= 15 is 0 Å². The Bertz CT molecular complexity index is 759. The lowest BCUT2D eigenvalue weighted by atomic mass is 10.3. The van der Waals surface area contributed by atoms with E-state index in [1.807, 2.05) is 30.3 Å². The van der Waals surface area contributed by atoms with Crippen LogP contribution in [0.5, 0.6) is 0 Å². The summed E-state index contributed by atoms with van der Waals surface area (Å²) >= 11 is 7.67. The molecule has 1 aliphatic heterocycles. The molecular weight excluding hydrogens is 330 g/mol. The summed E-state index contributed by atoms with van der Waals surface area (Å²) in [4.78, 5) is 10.8. The van der Waals surface area contributed by atoms with Crippen LogP contribution in [-0.4, -0.2) is 41.0 Å². The van der Waals surface area contributed by atoms with Gasteiger partial charge in [-0.1, -0.05) is 23.7 Å². The summed E-state index contributed by atoms with van der Waals surface area (Å²) in [5.41, 5.74) is 1.81. The van der Waals surface area contributed by atoms with Gasteiger partial charge in [-0.3, -0.25) is 9.80 Å². The number of nitrogens with zero attached hydrogens (tertiary/aromatic N) is 3. The van der Waals surface area contributed by atoms with Crippen LogP contribution in [0.4, 0.5) is 0 Å². The van der Waals surface area contributed by atoms with Crippen molar-refractivity contribution in [2.75, 3.05) is 26.2 Å². The third kappa shape index (κ3) is 3.58. The fourth-order valence-electron chi connectivity index (χ4n) is 2.94. The Hall–Kier alpha value is -1.40. The van der Waals surface area contributed by atoms with Crippen molar-refractivity contribution in [1.29, 1.82) is 0 Å². The molecule has 1 saturated heterocycles. The number of hydrogen-bond acceptors (Lipinski definition) is 5. The molecule has 0 radical (unpaired) electrons. The third-order valence-electron chi connectivity index (χ3n) is 4.17. The minimum Gasteiger partial charge on any atom is -0.439 e. The number of aromatic nitrogens is 1. The summed E-state index contributed by atoms with van der Waals surface area (Å²) in [6.07, 6.45) is 0. The Morgan fingerprint density at radius 3 is 2.43 bits per heavy atom. The highest BCUT2D eigenvalue weighted by Crippen LogP contribution is 2.23. The Morgan fingerprint density at radius 1 is 1.00 bits per heavy atom. The number of rotatable bonds is 4. The number of thiophene rings is 1. The highest BCUT2D eigenvalue weighted by molar-refractivity contribution is 7.16. The minimum absolute atomic E-state index is 0.785. The molecule has 0 saturated carbocycles. The molecule has 2 aromatic heterocycles. The van der Waals surface area contributed by atoms with Crippen LogP contribution in [0, 0.1) is 0 Å². The van der Waals surface area contributed by atoms with Gasteiger partial charge in [-0.25, -0.2) is 4.98 Å². The molecular formula is C17H18ClN3OS.